The van der Waals surface area contributed by atoms with Crippen molar-refractivity contribution in [1.82, 2.24) is 5.32 Å². The average Bonchev–Trinajstić information content (AvgIpc) is 2.36. The molecule has 0 saturated heterocycles. The smallest absolute Gasteiger partial charge is 0.251 e. The summed E-state index contributed by atoms with van der Waals surface area (Å²) in [6, 6.07) is 7.67. The molecule has 17 heavy (non-hydrogen) atoms. The van der Waals surface area contributed by atoms with E-state index in [4.69, 9.17) is 0 Å². The van der Waals surface area contributed by atoms with Crippen LogP contribution in [0.2, 0.25) is 0 Å². The summed E-state index contributed by atoms with van der Waals surface area (Å²) in [5, 5.41) is 2.93. The fourth-order valence-corrected chi connectivity index (χ4v) is 2.49. The van der Waals surface area contributed by atoms with E-state index in [1.165, 1.54) is 4.90 Å². The van der Waals surface area contributed by atoms with E-state index in [0.717, 1.165) is 18.4 Å². The largest absolute Gasteiger partial charge is 0.351 e. The number of thioether (sulfide) groups is 1. The molecular formula is C13H18BrNOS. The Balaban J connectivity index is 2.46. The zero-order valence-electron chi connectivity index (χ0n) is 10.2. The molecule has 1 aromatic carbocycles. The Morgan fingerprint density at radius 1 is 1.41 bits per heavy atom. The predicted octanol–water partition coefficient (Wildman–Crippen LogP) is 3.70. The Kier molecular flexibility index (Phi) is 6.66. The molecule has 1 amide bonds. The van der Waals surface area contributed by atoms with Crippen molar-refractivity contribution in [2.75, 3.05) is 12.8 Å². The number of hydrogen-bond donors (Lipinski definition) is 1. The van der Waals surface area contributed by atoms with Gasteiger partial charge in [-0.1, -0.05) is 29.3 Å². The molecule has 0 heterocycles. The number of halogens is 1. The lowest BCUT2D eigenvalue weighted by atomic mass is 10.2. The van der Waals surface area contributed by atoms with Gasteiger partial charge in [0.25, 0.3) is 5.91 Å². The van der Waals surface area contributed by atoms with Gasteiger partial charge in [0, 0.05) is 21.8 Å². The second-order valence-electron chi connectivity index (χ2n) is 3.82. The molecule has 0 fully saturated rings. The molecule has 0 radical (unpaired) electrons. The first-order valence-electron chi connectivity index (χ1n) is 5.73. The van der Waals surface area contributed by atoms with Crippen LogP contribution in [0.15, 0.2) is 29.2 Å². The summed E-state index contributed by atoms with van der Waals surface area (Å²) in [6.45, 7) is 2.81. The molecule has 0 aliphatic rings. The van der Waals surface area contributed by atoms with Crippen molar-refractivity contribution in [1.29, 1.82) is 0 Å². The van der Waals surface area contributed by atoms with Gasteiger partial charge in [-0.3, -0.25) is 4.79 Å². The molecule has 4 heteroatoms. The van der Waals surface area contributed by atoms with E-state index in [1.54, 1.807) is 11.8 Å². The van der Waals surface area contributed by atoms with E-state index in [0.29, 0.717) is 11.4 Å². The van der Waals surface area contributed by atoms with Crippen LogP contribution < -0.4 is 5.32 Å². The van der Waals surface area contributed by atoms with E-state index >= 15 is 0 Å². The van der Waals surface area contributed by atoms with Crippen molar-refractivity contribution in [3.63, 3.8) is 0 Å². The van der Waals surface area contributed by atoms with Gasteiger partial charge in [-0.15, -0.1) is 11.8 Å². The molecule has 0 spiro atoms. The highest BCUT2D eigenvalue weighted by Crippen LogP contribution is 2.15. The highest BCUT2D eigenvalue weighted by molar-refractivity contribution is 9.09. The maximum absolute atomic E-state index is 11.8. The summed E-state index contributed by atoms with van der Waals surface area (Å²) >= 11 is 5.22. The molecule has 94 valence electrons. The van der Waals surface area contributed by atoms with Crippen LogP contribution in [-0.4, -0.2) is 23.5 Å². The molecule has 1 unspecified atom stereocenters. The van der Waals surface area contributed by atoms with Gasteiger partial charge in [0.1, 0.15) is 0 Å². The van der Waals surface area contributed by atoms with Gasteiger partial charge in [-0.25, -0.2) is 0 Å². The van der Waals surface area contributed by atoms with Gasteiger partial charge in [-0.2, -0.15) is 0 Å². The minimum absolute atomic E-state index is 0.00166. The van der Waals surface area contributed by atoms with Crippen molar-refractivity contribution in [3.8, 4) is 0 Å². The van der Waals surface area contributed by atoms with Crippen LogP contribution in [0.4, 0.5) is 0 Å². The average molecular weight is 316 g/mol. The predicted molar refractivity (Wildman–Crippen MR) is 78.2 cm³/mol. The Bertz CT molecular complexity index is 353. The molecule has 0 aliphatic heterocycles. The topological polar surface area (TPSA) is 29.1 Å². The third-order valence-corrected chi connectivity index (χ3v) is 3.96. The number of carbonyl (C=O) groups is 1. The van der Waals surface area contributed by atoms with Crippen molar-refractivity contribution >= 4 is 33.6 Å². The lowest BCUT2D eigenvalue weighted by Crippen LogP contribution is -2.29. The Morgan fingerprint density at radius 3 is 2.59 bits per heavy atom. The summed E-state index contributed by atoms with van der Waals surface area (Å²) in [6.07, 6.45) is 4.22. The summed E-state index contributed by atoms with van der Waals surface area (Å²) in [5.41, 5.74) is 0.721. The number of amides is 1. The number of rotatable bonds is 6. The van der Waals surface area contributed by atoms with Gasteiger partial charge in [0.05, 0.1) is 0 Å². The van der Waals surface area contributed by atoms with Gasteiger partial charge in [0.2, 0.25) is 0 Å². The van der Waals surface area contributed by atoms with Crippen molar-refractivity contribution in [2.24, 2.45) is 0 Å². The molecule has 1 rings (SSSR count). The normalized spacial score (nSPS) is 12.2. The van der Waals surface area contributed by atoms with Crippen LogP contribution >= 0.6 is 27.7 Å². The third-order valence-electron chi connectivity index (χ3n) is 2.44. The lowest BCUT2D eigenvalue weighted by Gasteiger charge is -2.10. The second kappa shape index (κ2) is 7.77. The van der Waals surface area contributed by atoms with Gasteiger partial charge >= 0.3 is 0 Å². The minimum atomic E-state index is -0.00166. The number of alkyl halides is 1. The highest BCUT2D eigenvalue weighted by Gasteiger charge is 2.08. The van der Waals surface area contributed by atoms with E-state index in [2.05, 4.69) is 28.2 Å². The van der Waals surface area contributed by atoms with E-state index < -0.39 is 0 Å². The first kappa shape index (κ1) is 14.6. The van der Waals surface area contributed by atoms with E-state index in [1.807, 2.05) is 30.5 Å². The summed E-state index contributed by atoms with van der Waals surface area (Å²) < 4.78 is 0. The van der Waals surface area contributed by atoms with Crippen molar-refractivity contribution in [3.05, 3.63) is 29.8 Å². The summed E-state index contributed by atoms with van der Waals surface area (Å²) in [7, 11) is 0. The zero-order valence-corrected chi connectivity index (χ0v) is 12.6. The molecule has 2 nitrogen and oxygen atoms in total. The van der Waals surface area contributed by atoms with Crippen LogP contribution in [0.3, 0.4) is 0 Å². The van der Waals surface area contributed by atoms with E-state index in [9.17, 15) is 4.79 Å². The lowest BCUT2D eigenvalue weighted by molar-refractivity contribution is 0.0953. The highest BCUT2D eigenvalue weighted by atomic mass is 79.9. The van der Waals surface area contributed by atoms with Crippen molar-refractivity contribution in [2.45, 2.75) is 29.5 Å². The van der Waals surface area contributed by atoms with Gasteiger partial charge < -0.3 is 5.32 Å². The zero-order chi connectivity index (χ0) is 12.7. The number of benzene rings is 1. The number of carbonyl (C=O) groups excluding carboxylic acids is 1. The monoisotopic (exact) mass is 315 g/mol. The molecule has 1 N–H and O–H groups in total. The standard InChI is InChI=1S/C13H18BrNOS/c1-3-4-11(14)9-15-13(16)10-5-7-12(17-2)8-6-10/h5-8,11H,3-4,9H2,1-2H3,(H,15,16). The van der Waals surface area contributed by atoms with Crippen LogP contribution in [0, 0.1) is 0 Å². The Labute approximate surface area is 116 Å². The first-order chi connectivity index (χ1) is 8.17. The summed E-state index contributed by atoms with van der Waals surface area (Å²) in [4.78, 5) is 13.3. The third kappa shape index (κ3) is 5.13. The minimum Gasteiger partial charge on any atom is -0.351 e. The Morgan fingerprint density at radius 2 is 2.06 bits per heavy atom. The second-order valence-corrected chi connectivity index (χ2v) is 6.00. The van der Waals surface area contributed by atoms with Gasteiger partial charge in [0.15, 0.2) is 0 Å². The summed E-state index contributed by atoms with van der Waals surface area (Å²) in [5.74, 6) is -0.00166. The van der Waals surface area contributed by atoms with Gasteiger partial charge in [-0.05, 0) is 36.9 Å². The molecule has 1 atom stereocenters. The Hall–Kier alpha value is -0.480. The first-order valence-corrected chi connectivity index (χ1v) is 7.87. The molecule has 0 aromatic heterocycles. The number of hydrogen-bond acceptors (Lipinski definition) is 2. The molecule has 0 bridgehead atoms. The molecule has 1 aromatic rings. The van der Waals surface area contributed by atoms with E-state index in [-0.39, 0.29) is 5.91 Å². The fourth-order valence-electron chi connectivity index (χ4n) is 1.46. The molecular weight excluding hydrogens is 298 g/mol. The SMILES string of the molecule is CCCC(Br)CNC(=O)c1ccc(SC)cc1. The van der Waals surface area contributed by atoms with Crippen molar-refractivity contribution < 1.29 is 4.79 Å². The van der Waals surface area contributed by atoms with Crippen LogP contribution in [0.1, 0.15) is 30.1 Å². The fraction of sp³-hybridized carbons (Fsp3) is 0.462. The van der Waals surface area contributed by atoms with Crippen LogP contribution in [0.25, 0.3) is 0 Å². The maximum atomic E-state index is 11.8. The molecule has 0 saturated carbocycles. The molecule has 0 aliphatic carbocycles. The number of nitrogens with one attached hydrogen (secondary N) is 1. The van der Waals surface area contributed by atoms with Crippen LogP contribution in [0.5, 0.6) is 0 Å². The quantitative estimate of drug-likeness (QED) is 0.640. The van der Waals surface area contributed by atoms with Crippen LogP contribution in [-0.2, 0) is 0 Å². The maximum Gasteiger partial charge on any atom is 0.251 e.